The summed E-state index contributed by atoms with van der Waals surface area (Å²) in [6.07, 6.45) is 11.9. The monoisotopic (exact) mass is 443 g/mol. The molecule has 3 N–H and O–H groups in total. The number of fused-ring (bicyclic) bond motifs is 3. The number of primary amides is 1. The van der Waals surface area contributed by atoms with Gasteiger partial charge in [0.05, 0.1) is 5.56 Å². The summed E-state index contributed by atoms with van der Waals surface area (Å²) < 4.78 is 1.11. The maximum atomic E-state index is 11.0. The number of rotatable bonds is 5. The molecule has 1 aromatic heterocycles. The fourth-order valence-corrected chi connectivity index (χ4v) is 5.52. The number of benzene rings is 1. The van der Waals surface area contributed by atoms with E-state index in [1.54, 1.807) is 17.8 Å². The fourth-order valence-electron chi connectivity index (χ4n) is 4.59. The highest BCUT2D eigenvalue weighted by Crippen LogP contribution is 2.58. The van der Waals surface area contributed by atoms with Gasteiger partial charge in [-0.25, -0.2) is 0 Å². The van der Waals surface area contributed by atoms with Crippen molar-refractivity contribution in [1.82, 2.24) is 0 Å². The molecule has 0 saturated heterocycles. The molecule has 0 radical (unpaired) electrons. The maximum absolute atomic E-state index is 11.0. The Labute approximate surface area is 190 Å². The number of carboxylic acids is 1. The van der Waals surface area contributed by atoms with Crippen LogP contribution in [-0.2, 0) is 4.79 Å². The largest absolute Gasteiger partial charge is 0.481 e. The Morgan fingerprint density at radius 3 is 2.42 bits per heavy atom. The number of allylic oxidation sites excluding steroid dienone is 2. The number of aryl methyl sites for hydroxylation is 1. The van der Waals surface area contributed by atoms with Crippen LogP contribution >= 0.6 is 11.3 Å². The molecule has 3 aliphatic carbocycles. The number of aliphatic carboxylic acids is 1. The highest BCUT2D eigenvalue weighted by atomic mass is 32.1. The molecule has 2 atom stereocenters. The van der Waals surface area contributed by atoms with Crippen molar-refractivity contribution in [3.63, 3.8) is 0 Å². The minimum Gasteiger partial charge on any atom is -0.481 e. The van der Waals surface area contributed by atoms with Crippen molar-refractivity contribution in [2.75, 3.05) is 0 Å². The predicted molar refractivity (Wildman–Crippen MR) is 131 cm³/mol. The van der Waals surface area contributed by atoms with E-state index in [2.05, 4.69) is 13.8 Å². The van der Waals surface area contributed by atoms with Gasteiger partial charge in [0.15, 0.2) is 0 Å². The number of amides is 1. The normalized spacial score (nSPS) is 20.8. The lowest BCUT2D eigenvalue weighted by Gasteiger charge is -2.56. The molecule has 2 unspecified atom stereocenters. The Morgan fingerprint density at radius 1 is 1.26 bits per heavy atom. The van der Waals surface area contributed by atoms with Crippen LogP contribution < -0.4 is 5.73 Å². The van der Waals surface area contributed by atoms with Gasteiger partial charge in [0.2, 0.25) is 5.91 Å². The minimum atomic E-state index is -0.709. The van der Waals surface area contributed by atoms with E-state index < -0.39 is 5.97 Å². The van der Waals surface area contributed by atoms with Crippen molar-refractivity contribution >= 4 is 33.3 Å². The van der Waals surface area contributed by atoms with Gasteiger partial charge in [0, 0.05) is 21.9 Å². The van der Waals surface area contributed by atoms with Gasteiger partial charge in [0.25, 0.3) is 0 Å². The Balaban J connectivity index is 0.000000170. The molecule has 1 heterocycles. The second kappa shape index (κ2) is 11.5. The van der Waals surface area contributed by atoms with Crippen LogP contribution in [0.15, 0.2) is 35.7 Å². The summed E-state index contributed by atoms with van der Waals surface area (Å²) in [4.78, 5) is 21.0. The number of carboxylic acid groups (broad SMARTS) is 1. The number of thiophene rings is 1. The maximum Gasteiger partial charge on any atom is 0.303 e. The Morgan fingerprint density at radius 2 is 1.94 bits per heavy atom. The lowest BCUT2D eigenvalue weighted by molar-refractivity contribution is -0.137. The second-order valence-electron chi connectivity index (χ2n) is 9.25. The molecule has 5 heteroatoms. The van der Waals surface area contributed by atoms with Gasteiger partial charge in [0.1, 0.15) is 0 Å². The van der Waals surface area contributed by atoms with Crippen molar-refractivity contribution in [2.45, 2.75) is 72.6 Å². The zero-order chi connectivity index (χ0) is 23.0. The van der Waals surface area contributed by atoms with E-state index >= 15 is 0 Å². The molecule has 0 aliphatic heterocycles. The summed E-state index contributed by atoms with van der Waals surface area (Å²) >= 11 is 1.55. The second-order valence-corrected chi connectivity index (χ2v) is 10.2. The molecule has 1 aromatic carbocycles. The molecule has 4 nitrogen and oxygen atoms in total. The number of carbonyl (C=O) groups excluding carboxylic acids is 1. The third-order valence-corrected chi connectivity index (χ3v) is 7.73. The number of nitrogens with two attached hydrogens (primary N) is 1. The third kappa shape index (κ3) is 6.93. The summed E-state index contributed by atoms with van der Waals surface area (Å²) in [7, 11) is 0. The molecular formula is C26H37NO3S. The summed E-state index contributed by atoms with van der Waals surface area (Å²) in [6.45, 7) is 8.83. The highest BCUT2D eigenvalue weighted by Gasteiger charge is 2.49. The molecular weight excluding hydrogens is 406 g/mol. The highest BCUT2D eigenvalue weighted by molar-refractivity contribution is 7.17. The van der Waals surface area contributed by atoms with E-state index in [0.717, 1.165) is 45.7 Å². The van der Waals surface area contributed by atoms with Gasteiger partial charge in [-0.3, -0.25) is 9.59 Å². The average Bonchev–Trinajstić information content (AvgIpc) is 3.16. The lowest BCUT2D eigenvalue weighted by Crippen LogP contribution is -2.47. The molecule has 2 aromatic rings. The first kappa shape index (κ1) is 25.1. The Hall–Kier alpha value is -2.14. The summed E-state index contributed by atoms with van der Waals surface area (Å²) in [5, 5.41) is 11.0. The predicted octanol–water partition coefficient (Wildman–Crippen LogP) is 6.96. The van der Waals surface area contributed by atoms with Crippen molar-refractivity contribution < 1.29 is 14.7 Å². The van der Waals surface area contributed by atoms with Gasteiger partial charge < -0.3 is 10.8 Å². The summed E-state index contributed by atoms with van der Waals surface area (Å²) in [5.74, 6) is 1.13. The van der Waals surface area contributed by atoms with Crippen molar-refractivity contribution in [1.29, 1.82) is 0 Å². The molecule has 3 aliphatic rings. The zero-order valence-corrected chi connectivity index (χ0v) is 20.1. The van der Waals surface area contributed by atoms with Gasteiger partial charge in [-0.1, -0.05) is 44.1 Å². The molecule has 3 saturated carbocycles. The third-order valence-electron chi connectivity index (χ3n) is 6.77. The van der Waals surface area contributed by atoms with Crippen molar-refractivity contribution in [3.05, 3.63) is 46.9 Å². The van der Waals surface area contributed by atoms with Crippen LogP contribution in [0.1, 0.15) is 81.6 Å². The standard InChI is InChI=1S/C10H9NOS.C9H16.C7H12O2/c1-6-2-3-9-7(4-6)8(5-13-9)10(11)12;1-9(2)7-4-3-5-8(9)6-7;1-2-3-4-5-6-7(8)9/h2-5H,1H3,(H2,11,12);7-8H,3-6H2,1-2H3;2-3H,4-6H2,1H3,(H,8,9)/b;;3-2-. The number of carbonyl (C=O) groups is 2. The van der Waals surface area contributed by atoms with Crippen LogP contribution in [-0.4, -0.2) is 17.0 Å². The van der Waals surface area contributed by atoms with E-state index in [0.29, 0.717) is 5.56 Å². The van der Waals surface area contributed by atoms with E-state index in [1.807, 2.05) is 49.6 Å². The number of hydrogen-bond donors (Lipinski definition) is 2. The van der Waals surface area contributed by atoms with Crippen LogP contribution in [0.3, 0.4) is 0 Å². The first-order valence-electron chi connectivity index (χ1n) is 11.3. The first-order valence-corrected chi connectivity index (χ1v) is 12.1. The summed E-state index contributed by atoms with van der Waals surface area (Å²) in [5.41, 5.74) is 7.75. The van der Waals surface area contributed by atoms with Crippen LogP contribution in [0.4, 0.5) is 0 Å². The van der Waals surface area contributed by atoms with Gasteiger partial charge in [-0.2, -0.15) is 0 Å². The minimum absolute atomic E-state index is 0.282. The lowest BCUT2D eigenvalue weighted by atomic mass is 9.49. The fraction of sp³-hybridized carbons (Fsp3) is 0.538. The van der Waals surface area contributed by atoms with Crippen molar-refractivity contribution in [2.24, 2.45) is 23.0 Å². The van der Waals surface area contributed by atoms with E-state index in [-0.39, 0.29) is 12.3 Å². The first-order chi connectivity index (χ1) is 14.7. The summed E-state index contributed by atoms with van der Waals surface area (Å²) in [6, 6.07) is 6.04. The zero-order valence-electron chi connectivity index (χ0n) is 19.3. The van der Waals surface area contributed by atoms with E-state index in [9.17, 15) is 9.59 Å². The number of hydrogen-bond acceptors (Lipinski definition) is 3. The van der Waals surface area contributed by atoms with E-state index in [1.165, 1.54) is 19.3 Å². The van der Waals surface area contributed by atoms with Crippen LogP contribution in [0, 0.1) is 24.2 Å². The SMILES string of the molecule is C/C=C\CCCC(=O)O.CC1(C)C2CCCC1C2.Cc1ccc2scc(C(N)=O)c2c1. The number of unbranched alkanes of at least 4 members (excludes halogenated alkanes) is 1. The van der Waals surface area contributed by atoms with Gasteiger partial charge in [-0.05, 0) is 75.3 Å². The van der Waals surface area contributed by atoms with Crippen molar-refractivity contribution in [3.8, 4) is 0 Å². The quantitative estimate of drug-likeness (QED) is 0.387. The molecule has 1 amide bonds. The average molecular weight is 444 g/mol. The van der Waals surface area contributed by atoms with E-state index in [4.69, 9.17) is 10.8 Å². The van der Waals surface area contributed by atoms with Crippen LogP contribution in [0.25, 0.3) is 10.1 Å². The van der Waals surface area contributed by atoms with Crippen LogP contribution in [0.2, 0.25) is 0 Å². The molecule has 0 spiro atoms. The molecule has 31 heavy (non-hydrogen) atoms. The molecule has 2 bridgehead atoms. The topological polar surface area (TPSA) is 80.4 Å². The molecule has 5 rings (SSSR count). The Bertz CT molecular complexity index is 897. The van der Waals surface area contributed by atoms with Crippen LogP contribution in [0.5, 0.6) is 0 Å². The smallest absolute Gasteiger partial charge is 0.303 e. The molecule has 170 valence electrons. The van der Waals surface area contributed by atoms with Gasteiger partial charge in [-0.15, -0.1) is 11.3 Å². The Kier molecular flexibility index (Phi) is 9.30. The molecule has 3 fully saturated rings. The van der Waals surface area contributed by atoms with Gasteiger partial charge >= 0.3 is 5.97 Å².